The number of piperidine rings is 1. The molecule has 2 N–H and O–H groups in total. The van der Waals surface area contributed by atoms with Gasteiger partial charge in [-0.25, -0.2) is 4.79 Å². The average molecular weight is 256 g/mol. The molecule has 1 heterocycles. The third-order valence-corrected chi connectivity index (χ3v) is 3.61. The van der Waals surface area contributed by atoms with Gasteiger partial charge in [-0.1, -0.05) is 33.1 Å². The number of ether oxygens (including phenoxy) is 1. The number of rotatable bonds is 7. The zero-order valence-corrected chi connectivity index (χ0v) is 11.8. The van der Waals surface area contributed by atoms with Crippen molar-refractivity contribution in [2.24, 2.45) is 5.92 Å². The maximum Gasteiger partial charge on any atom is 0.407 e. The monoisotopic (exact) mass is 256 g/mol. The third kappa shape index (κ3) is 6.24. The topological polar surface area (TPSA) is 50.4 Å². The van der Waals surface area contributed by atoms with Gasteiger partial charge in [0, 0.05) is 12.6 Å². The highest BCUT2D eigenvalue weighted by atomic mass is 16.5. The highest BCUT2D eigenvalue weighted by Gasteiger charge is 2.16. The molecule has 0 aromatic rings. The molecule has 1 saturated heterocycles. The summed E-state index contributed by atoms with van der Waals surface area (Å²) in [5.74, 6) is 0.514. The summed E-state index contributed by atoms with van der Waals surface area (Å²) in [6.45, 7) is 6.83. The van der Waals surface area contributed by atoms with Crippen molar-refractivity contribution >= 4 is 6.09 Å². The second kappa shape index (κ2) is 9.20. The van der Waals surface area contributed by atoms with E-state index in [0.29, 0.717) is 12.5 Å². The number of hydrogen-bond acceptors (Lipinski definition) is 3. The second-order valence-corrected chi connectivity index (χ2v) is 5.20. The van der Waals surface area contributed by atoms with Crippen molar-refractivity contribution in [3.05, 3.63) is 0 Å². The molecule has 0 saturated carbocycles. The van der Waals surface area contributed by atoms with Gasteiger partial charge < -0.3 is 15.4 Å². The first-order valence-corrected chi connectivity index (χ1v) is 7.40. The second-order valence-electron chi connectivity index (χ2n) is 5.20. The first kappa shape index (κ1) is 15.3. The average Bonchev–Trinajstić information content (AvgIpc) is 2.40. The normalized spacial score (nSPS) is 21.3. The molecule has 1 fully saturated rings. The van der Waals surface area contributed by atoms with E-state index in [1.807, 2.05) is 0 Å². The molecule has 0 spiro atoms. The smallest absolute Gasteiger partial charge is 0.407 e. The van der Waals surface area contributed by atoms with E-state index >= 15 is 0 Å². The van der Waals surface area contributed by atoms with Crippen molar-refractivity contribution in [2.75, 3.05) is 19.7 Å². The molecule has 4 heteroatoms. The fourth-order valence-corrected chi connectivity index (χ4v) is 2.27. The minimum absolute atomic E-state index is 0.238. The van der Waals surface area contributed by atoms with E-state index in [0.717, 1.165) is 38.8 Å². The van der Waals surface area contributed by atoms with Gasteiger partial charge in [0.2, 0.25) is 0 Å². The van der Waals surface area contributed by atoms with Crippen LogP contribution in [0, 0.1) is 5.92 Å². The molecule has 4 nitrogen and oxygen atoms in total. The maximum absolute atomic E-state index is 11.6. The number of carbonyl (C=O) groups excluding carboxylic acids is 1. The lowest BCUT2D eigenvalue weighted by molar-refractivity contribution is 0.118. The van der Waals surface area contributed by atoms with E-state index < -0.39 is 0 Å². The molecular weight excluding hydrogens is 228 g/mol. The number of hydrogen-bond donors (Lipinski definition) is 2. The first-order valence-electron chi connectivity index (χ1n) is 7.40. The summed E-state index contributed by atoms with van der Waals surface area (Å²) in [6, 6.07) is 0.238. The lowest BCUT2D eigenvalue weighted by Gasteiger charge is -2.24. The van der Waals surface area contributed by atoms with Crippen molar-refractivity contribution in [3.8, 4) is 0 Å². The standard InChI is InChI=1S/C14H28N2O2/c1-3-5-7-12(4-2)11-18-14(17)16-13-8-6-9-15-10-13/h12-13,15H,3-11H2,1-2H3,(H,16,17). The summed E-state index contributed by atoms with van der Waals surface area (Å²) in [5, 5.41) is 6.20. The Morgan fingerprint density at radius 3 is 2.94 bits per heavy atom. The molecule has 1 rings (SSSR count). The molecule has 0 aromatic heterocycles. The van der Waals surface area contributed by atoms with E-state index in [9.17, 15) is 4.79 Å². The zero-order chi connectivity index (χ0) is 13.2. The SMILES string of the molecule is CCCCC(CC)COC(=O)NC1CCCNC1. The maximum atomic E-state index is 11.6. The number of carbonyl (C=O) groups is 1. The van der Waals surface area contributed by atoms with Gasteiger partial charge in [-0.2, -0.15) is 0 Å². The van der Waals surface area contributed by atoms with Crippen LogP contribution < -0.4 is 10.6 Å². The summed E-state index contributed by atoms with van der Waals surface area (Å²) in [6.07, 6.45) is 6.59. The van der Waals surface area contributed by atoms with Crippen molar-refractivity contribution in [1.82, 2.24) is 10.6 Å². The Hall–Kier alpha value is -0.770. The molecule has 1 amide bonds. The number of unbranched alkanes of at least 4 members (excludes halogenated alkanes) is 1. The van der Waals surface area contributed by atoms with E-state index in [-0.39, 0.29) is 12.1 Å². The van der Waals surface area contributed by atoms with Crippen LogP contribution in [0.2, 0.25) is 0 Å². The Balaban J connectivity index is 2.14. The molecule has 0 aliphatic carbocycles. The predicted molar refractivity (Wildman–Crippen MR) is 73.7 cm³/mol. The van der Waals surface area contributed by atoms with Crippen LogP contribution in [-0.2, 0) is 4.74 Å². The van der Waals surface area contributed by atoms with Crippen LogP contribution in [0.3, 0.4) is 0 Å². The summed E-state index contributed by atoms with van der Waals surface area (Å²) in [7, 11) is 0. The molecule has 2 atom stereocenters. The lowest BCUT2D eigenvalue weighted by Crippen LogP contribution is -2.46. The van der Waals surface area contributed by atoms with Crippen LogP contribution in [-0.4, -0.2) is 31.8 Å². The van der Waals surface area contributed by atoms with Crippen molar-refractivity contribution in [1.29, 1.82) is 0 Å². The van der Waals surface area contributed by atoms with Crippen molar-refractivity contribution in [2.45, 2.75) is 58.4 Å². The predicted octanol–water partition coefficient (Wildman–Crippen LogP) is 2.68. The fourth-order valence-electron chi connectivity index (χ4n) is 2.27. The third-order valence-electron chi connectivity index (χ3n) is 3.61. The van der Waals surface area contributed by atoms with Crippen LogP contribution in [0.5, 0.6) is 0 Å². The van der Waals surface area contributed by atoms with Crippen LogP contribution in [0.4, 0.5) is 4.79 Å². The summed E-state index contributed by atoms with van der Waals surface area (Å²) >= 11 is 0. The Bertz CT molecular complexity index is 228. The van der Waals surface area contributed by atoms with Gasteiger partial charge in [-0.3, -0.25) is 0 Å². The largest absolute Gasteiger partial charge is 0.449 e. The Morgan fingerprint density at radius 2 is 2.33 bits per heavy atom. The van der Waals surface area contributed by atoms with Gasteiger partial charge in [-0.05, 0) is 31.7 Å². The van der Waals surface area contributed by atoms with Crippen LogP contribution >= 0.6 is 0 Å². The zero-order valence-electron chi connectivity index (χ0n) is 11.8. The van der Waals surface area contributed by atoms with Crippen molar-refractivity contribution < 1.29 is 9.53 Å². The van der Waals surface area contributed by atoms with Gasteiger partial charge in [0.1, 0.15) is 0 Å². The molecular formula is C14H28N2O2. The lowest BCUT2D eigenvalue weighted by atomic mass is 10.0. The van der Waals surface area contributed by atoms with Crippen LogP contribution in [0.1, 0.15) is 52.4 Å². The summed E-state index contributed by atoms with van der Waals surface area (Å²) < 4.78 is 5.32. The number of nitrogens with one attached hydrogen (secondary N) is 2. The Morgan fingerprint density at radius 1 is 1.50 bits per heavy atom. The van der Waals surface area contributed by atoms with Crippen molar-refractivity contribution in [3.63, 3.8) is 0 Å². The van der Waals surface area contributed by atoms with E-state index in [1.165, 1.54) is 12.8 Å². The summed E-state index contributed by atoms with van der Waals surface area (Å²) in [4.78, 5) is 11.6. The van der Waals surface area contributed by atoms with E-state index in [1.54, 1.807) is 0 Å². The fraction of sp³-hybridized carbons (Fsp3) is 0.929. The molecule has 0 bridgehead atoms. The van der Waals surface area contributed by atoms with Gasteiger partial charge in [0.15, 0.2) is 0 Å². The van der Waals surface area contributed by atoms with Gasteiger partial charge >= 0.3 is 6.09 Å². The van der Waals surface area contributed by atoms with Gasteiger partial charge in [-0.15, -0.1) is 0 Å². The van der Waals surface area contributed by atoms with Crippen LogP contribution in [0.15, 0.2) is 0 Å². The highest BCUT2D eigenvalue weighted by molar-refractivity contribution is 5.67. The number of alkyl carbamates (subject to hydrolysis) is 1. The molecule has 1 aliphatic rings. The summed E-state index contributed by atoms with van der Waals surface area (Å²) in [5.41, 5.74) is 0. The molecule has 2 unspecified atom stereocenters. The van der Waals surface area contributed by atoms with Gasteiger partial charge in [0.05, 0.1) is 6.61 Å². The minimum Gasteiger partial charge on any atom is -0.449 e. The Labute approximate surface area is 111 Å². The Kier molecular flexibility index (Phi) is 7.81. The minimum atomic E-state index is -0.251. The van der Waals surface area contributed by atoms with Crippen LogP contribution in [0.25, 0.3) is 0 Å². The van der Waals surface area contributed by atoms with Gasteiger partial charge in [0.25, 0.3) is 0 Å². The highest BCUT2D eigenvalue weighted by Crippen LogP contribution is 2.13. The quantitative estimate of drug-likeness (QED) is 0.736. The molecule has 18 heavy (non-hydrogen) atoms. The molecule has 106 valence electrons. The van der Waals surface area contributed by atoms with E-state index in [2.05, 4.69) is 24.5 Å². The molecule has 0 aromatic carbocycles. The molecule has 1 aliphatic heterocycles. The molecule has 0 radical (unpaired) electrons. The first-order chi connectivity index (χ1) is 8.76. The van der Waals surface area contributed by atoms with E-state index in [4.69, 9.17) is 4.74 Å². The number of amides is 1.